The largest absolute Gasteiger partial charge is 0.399 e. The zero-order chi connectivity index (χ0) is 12.3. The lowest BCUT2D eigenvalue weighted by molar-refractivity contribution is 0.574. The Morgan fingerprint density at radius 2 is 2.00 bits per heavy atom. The second-order valence-electron chi connectivity index (χ2n) is 3.56. The molecule has 3 N–H and O–H groups in total. The van der Waals surface area contributed by atoms with Crippen LogP contribution in [0.4, 0.5) is 20.3 Å². The van der Waals surface area contributed by atoms with E-state index in [4.69, 9.17) is 5.73 Å². The highest BCUT2D eigenvalue weighted by molar-refractivity contribution is 5.48. The van der Waals surface area contributed by atoms with Crippen molar-refractivity contribution in [1.29, 1.82) is 0 Å². The minimum Gasteiger partial charge on any atom is -0.399 e. The first-order chi connectivity index (χ1) is 8.15. The molecule has 0 unspecified atom stereocenters. The normalized spacial score (nSPS) is 10.2. The zero-order valence-electron chi connectivity index (χ0n) is 8.95. The third-order valence-electron chi connectivity index (χ3n) is 2.26. The molecule has 1 aromatic heterocycles. The highest BCUT2D eigenvalue weighted by Crippen LogP contribution is 2.13. The van der Waals surface area contributed by atoms with Crippen LogP contribution in [0.25, 0.3) is 0 Å². The van der Waals surface area contributed by atoms with Crippen LogP contribution in [0.1, 0.15) is 5.56 Å². The van der Waals surface area contributed by atoms with Crippen LogP contribution in [0.3, 0.4) is 0 Å². The van der Waals surface area contributed by atoms with Crippen molar-refractivity contribution in [3.05, 3.63) is 53.7 Å². The van der Waals surface area contributed by atoms with Crippen LogP contribution < -0.4 is 11.1 Å². The van der Waals surface area contributed by atoms with Gasteiger partial charge in [-0.3, -0.25) is 0 Å². The average Bonchev–Trinajstić information content (AvgIpc) is 2.28. The summed E-state index contributed by atoms with van der Waals surface area (Å²) in [5.74, 6) is -0.622. The van der Waals surface area contributed by atoms with Crippen LogP contribution in [-0.2, 0) is 6.54 Å². The molecular weight excluding hydrogens is 224 g/mol. The summed E-state index contributed by atoms with van der Waals surface area (Å²) >= 11 is 0. The lowest BCUT2D eigenvalue weighted by Crippen LogP contribution is -2.04. The average molecular weight is 235 g/mol. The molecule has 0 aliphatic rings. The predicted octanol–water partition coefficient (Wildman–Crippen LogP) is 2.55. The van der Waals surface area contributed by atoms with Crippen LogP contribution in [-0.4, -0.2) is 4.98 Å². The predicted molar refractivity (Wildman–Crippen MR) is 62.3 cm³/mol. The lowest BCUT2D eigenvalue weighted by Gasteiger charge is -2.07. The van der Waals surface area contributed by atoms with Gasteiger partial charge in [-0.25, -0.2) is 13.8 Å². The van der Waals surface area contributed by atoms with E-state index in [0.717, 1.165) is 6.07 Å². The number of nitrogens with zero attached hydrogens (tertiary/aromatic N) is 1. The van der Waals surface area contributed by atoms with Crippen molar-refractivity contribution in [2.45, 2.75) is 6.54 Å². The highest BCUT2D eigenvalue weighted by Gasteiger charge is 2.03. The van der Waals surface area contributed by atoms with Gasteiger partial charge < -0.3 is 11.1 Å². The molecule has 1 heterocycles. The number of nitrogens with two attached hydrogens (primary N) is 1. The maximum absolute atomic E-state index is 13.3. The Bertz CT molecular complexity index is 529. The van der Waals surface area contributed by atoms with Gasteiger partial charge >= 0.3 is 0 Å². The fourth-order valence-electron chi connectivity index (χ4n) is 1.39. The Morgan fingerprint density at radius 1 is 1.18 bits per heavy atom. The molecule has 0 fully saturated rings. The Balaban J connectivity index is 2.07. The van der Waals surface area contributed by atoms with E-state index in [1.165, 1.54) is 12.1 Å². The molecule has 1 aromatic carbocycles. The summed E-state index contributed by atoms with van der Waals surface area (Å²) in [6, 6.07) is 6.76. The molecule has 5 heteroatoms. The van der Waals surface area contributed by atoms with Crippen molar-refractivity contribution >= 4 is 11.5 Å². The smallest absolute Gasteiger partial charge is 0.131 e. The number of aromatic nitrogens is 1. The molecule has 2 rings (SSSR count). The number of hydrogen-bond acceptors (Lipinski definition) is 3. The van der Waals surface area contributed by atoms with E-state index in [1.807, 2.05) is 0 Å². The summed E-state index contributed by atoms with van der Waals surface area (Å²) in [4.78, 5) is 4.01. The van der Waals surface area contributed by atoms with Crippen LogP contribution in [0.5, 0.6) is 0 Å². The number of rotatable bonds is 3. The molecule has 0 aliphatic heterocycles. The van der Waals surface area contributed by atoms with E-state index in [0.29, 0.717) is 17.1 Å². The summed E-state index contributed by atoms with van der Waals surface area (Å²) in [5, 5.41) is 2.91. The van der Waals surface area contributed by atoms with Gasteiger partial charge in [-0.1, -0.05) is 6.07 Å². The van der Waals surface area contributed by atoms with E-state index in [-0.39, 0.29) is 6.54 Å². The van der Waals surface area contributed by atoms with Gasteiger partial charge in [0.25, 0.3) is 0 Å². The maximum Gasteiger partial charge on any atom is 0.131 e. The molecule has 0 spiro atoms. The van der Waals surface area contributed by atoms with Gasteiger partial charge in [0.05, 0.1) is 0 Å². The Hall–Kier alpha value is -2.17. The fourth-order valence-corrected chi connectivity index (χ4v) is 1.39. The minimum absolute atomic E-state index is 0.225. The molecule has 0 saturated heterocycles. The van der Waals surface area contributed by atoms with Gasteiger partial charge in [0.15, 0.2) is 0 Å². The number of nitrogen functional groups attached to an aromatic ring is 1. The van der Waals surface area contributed by atoms with Gasteiger partial charge in [0.2, 0.25) is 0 Å². The van der Waals surface area contributed by atoms with Crippen LogP contribution in [0, 0.1) is 11.6 Å². The molecule has 0 aliphatic carbocycles. The van der Waals surface area contributed by atoms with Gasteiger partial charge in [0.1, 0.15) is 17.5 Å². The van der Waals surface area contributed by atoms with Crippen molar-refractivity contribution < 1.29 is 8.78 Å². The number of halogens is 2. The third-order valence-corrected chi connectivity index (χ3v) is 2.26. The lowest BCUT2D eigenvalue weighted by atomic mass is 10.2. The number of benzene rings is 1. The summed E-state index contributed by atoms with van der Waals surface area (Å²) in [7, 11) is 0. The highest BCUT2D eigenvalue weighted by atomic mass is 19.1. The van der Waals surface area contributed by atoms with E-state index in [1.54, 1.807) is 18.3 Å². The Morgan fingerprint density at radius 3 is 2.71 bits per heavy atom. The number of hydrogen-bond donors (Lipinski definition) is 2. The third kappa shape index (κ3) is 2.90. The SMILES string of the molecule is Nc1ccnc(NCc2ccc(F)cc2F)c1. The van der Waals surface area contributed by atoms with Crippen molar-refractivity contribution in [2.24, 2.45) is 0 Å². The van der Waals surface area contributed by atoms with Gasteiger partial charge in [-0.15, -0.1) is 0 Å². The quantitative estimate of drug-likeness (QED) is 0.859. The van der Waals surface area contributed by atoms with E-state index < -0.39 is 11.6 Å². The molecule has 0 amide bonds. The van der Waals surface area contributed by atoms with E-state index in [2.05, 4.69) is 10.3 Å². The Labute approximate surface area is 97.3 Å². The second-order valence-corrected chi connectivity index (χ2v) is 3.56. The second kappa shape index (κ2) is 4.78. The zero-order valence-corrected chi connectivity index (χ0v) is 8.95. The first kappa shape index (κ1) is 11.3. The van der Waals surface area contributed by atoms with Crippen LogP contribution >= 0.6 is 0 Å². The maximum atomic E-state index is 13.3. The fraction of sp³-hybridized carbons (Fsp3) is 0.0833. The molecule has 0 atom stereocenters. The van der Waals surface area contributed by atoms with E-state index >= 15 is 0 Å². The van der Waals surface area contributed by atoms with Crippen molar-refractivity contribution in [3.8, 4) is 0 Å². The van der Waals surface area contributed by atoms with Crippen molar-refractivity contribution in [1.82, 2.24) is 4.98 Å². The molecule has 0 radical (unpaired) electrons. The van der Waals surface area contributed by atoms with Crippen LogP contribution in [0.2, 0.25) is 0 Å². The summed E-state index contributed by atoms with van der Waals surface area (Å²) < 4.78 is 26.0. The Kier molecular flexibility index (Phi) is 3.18. The molecular formula is C12H11F2N3. The molecule has 17 heavy (non-hydrogen) atoms. The molecule has 0 saturated carbocycles. The van der Waals surface area contributed by atoms with Crippen molar-refractivity contribution in [3.63, 3.8) is 0 Å². The summed E-state index contributed by atoms with van der Waals surface area (Å²) in [6.45, 7) is 0.225. The van der Waals surface area contributed by atoms with E-state index in [9.17, 15) is 8.78 Å². The standard InChI is InChI=1S/C12H11F2N3/c13-9-2-1-8(11(14)5-9)7-17-12-6-10(15)3-4-16-12/h1-6H,7H2,(H3,15,16,17). The van der Waals surface area contributed by atoms with Crippen LogP contribution in [0.15, 0.2) is 36.5 Å². The molecule has 2 aromatic rings. The molecule has 0 bridgehead atoms. The first-order valence-electron chi connectivity index (χ1n) is 5.04. The minimum atomic E-state index is -0.590. The molecule has 88 valence electrons. The molecule has 3 nitrogen and oxygen atoms in total. The first-order valence-corrected chi connectivity index (χ1v) is 5.04. The van der Waals surface area contributed by atoms with Crippen molar-refractivity contribution in [2.75, 3.05) is 11.1 Å². The summed E-state index contributed by atoms with van der Waals surface area (Å²) in [5.41, 5.74) is 6.52. The number of nitrogens with one attached hydrogen (secondary N) is 1. The number of pyridine rings is 1. The summed E-state index contributed by atoms with van der Waals surface area (Å²) in [6.07, 6.45) is 1.55. The van der Waals surface area contributed by atoms with Gasteiger partial charge in [0, 0.05) is 36.1 Å². The monoisotopic (exact) mass is 235 g/mol. The van der Waals surface area contributed by atoms with Gasteiger partial charge in [-0.05, 0) is 12.1 Å². The number of anilines is 2. The topological polar surface area (TPSA) is 50.9 Å². The van der Waals surface area contributed by atoms with Gasteiger partial charge in [-0.2, -0.15) is 0 Å².